The molecule has 0 atom stereocenters. The van der Waals surface area contributed by atoms with Crippen molar-refractivity contribution < 1.29 is 4.39 Å². The molecule has 0 saturated heterocycles. The lowest BCUT2D eigenvalue weighted by Gasteiger charge is -2.18. The van der Waals surface area contributed by atoms with Gasteiger partial charge in [-0.3, -0.25) is 0 Å². The van der Waals surface area contributed by atoms with Gasteiger partial charge in [0.25, 0.3) is 0 Å². The maximum Gasteiger partial charge on any atom is 0.127 e. The molecule has 0 amide bonds. The number of nitrogens with zero attached hydrogens (tertiary/aromatic N) is 3. The summed E-state index contributed by atoms with van der Waals surface area (Å²) in [6, 6.07) is 13.5. The molecular formula is C27H35FN4. The number of aromatic nitrogens is 2. The molecule has 2 N–H and O–H groups in total. The Morgan fingerprint density at radius 2 is 1.56 bits per heavy atom. The van der Waals surface area contributed by atoms with Gasteiger partial charge in [-0.15, -0.1) is 0 Å². The Bertz CT molecular complexity index is 1050. The molecule has 4 nitrogen and oxygen atoms in total. The average molecular weight is 435 g/mol. The maximum atomic E-state index is 13.1. The summed E-state index contributed by atoms with van der Waals surface area (Å²) in [6.45, 7) is 13.4. The summed E-state index contributed by atoms with van der Waals surface area (Å²) in [7, 11) is 0. The van der Waals surface area contributed by atoms with Crippen LogP contribution in [0.4, 0.5) is 4.39 Å². The number of imidazole rings is 1. The molecule has 0 bridgehead atoms. The normalized spacial score (nSPS) is 11.5. The summed E-state index contributed by atoms with van der Waals surface area (Å²) in [6.07, 6.45) is 7.18. The number of hydrogen-bond acceptors (Lipinski definition) is 3. The lowest BCUT2D eigenvalue weighted by Crippen LogP contribution is -2.10. The Labute approximate surface area is 191 Å². The van der Waals surface area contributed by atoms with E-state index in [-0.39, 0.29) is 23.2 Å². The molecule has 1 aromatic heterocycles. The first kappa shape index (κ1) is 25.3. The summed E-state index contributed by atoms with van der Waals surface area (Å²) in [4.78, 5) is 4.01. The quantitative estimate of drug-likeness (QED) is 0.531. The van der Waals surface area contributed by atoms with Crippen molar-refractivity contribution in [1.82, 2.24) is 9.55 Å². The van der Waals surface area contributed by atoms with E-state index >= 15 is 0 Å². The van der Waals surface area contributed by atoms with Crippen molar-refractivity contribution in [3.05, 3.63) is 83.2 Å². The summed E-state index contributed by atoms with van der Waals surface area (Å²) < 4.78 is 15.0. The number of halogens is 1. The molecule has 0 aliphatic heterocycles. The predicted molar refractivity (Wildman–Crippen MR) is 129 cm³/mol. The minimum Gasteiger partial charge on any atom is -0.326 e. The van der Waals surface area contributed by atoms with Crippen LogP contribution >= 0.6 is 0 Å². The van der Waals surface area contributed by atoms with Gasteiger partial charge in [0, 0.05) is 24.5 Å². The first-order valence-electron chi connectivity index (χ1n) is 10.9. The van der Waals surface area contributed by atoms with Crippen LogP contribution in [0.2, 0.25) is 0 Å². The zero-order valence-corrected chi connectivity index (χ0v) is 20.1. The lowest BCUT2D eigenvalue weighted by molar-refractivity contribution is 0.410. The fourth-order valence-electron chi connectivity index (χ4n) is 3.53. The van der Waals surface area contributed by atoms with Gasteiger partial charge in [-0.05, 0) is 53.0 Å². The Balaban J connectivity index is 0.000000235. The van der Waals surface area contributed by atoms with Crippen LogP contribution < -0.4 is 5.73 Å². The van der Waals surface area contributed by atoms with Crippen LogP contribution in [0.5, 0.6) is 0 Å². The minimum atomic E-state index is -0.204. The van der Waals surface area contributed by atoms with Gasteiger partial charge in [0.2, 0.25) is 0 Å². The predicted octanol–water partition coefficient (Wildman–Crippen LogP) is 6.21. The third-order valence-electron chi connectivity index (χ3n) is 4.76. The molecule has 0 spiro atoms. The Morgan fingerprint density at radius 1 is 0.969 bits per heavy atom. The monoisotopic (exact) mass is 434 g/mol. The molecule has 0 saturated carbocycles. The van der Waals surface area contributed by atoms with Crippen LogP contribution in [0.3, 0.4) is 0 Å². The van der Waals surface area contributed by atoms with E-state index in [0.717, 1.165) is 24.1 Å². The molecule has 0 unspecified atom stereocenters. The molecule has 170 valence electrons. The Kier molecular flexibility index (Phi) is 8.35. The fraction of sp³-hybridized carbons (Fsp3) is 0.407. The maximum absolute atomic E-state index is 13.1. The molecule has 32 heavy (non-hydrogen) atoms. The van der Waals surface area contributed by atoms with E-state index in [1.54, 1.807) is 12.5 Å². The Morgan fingerprint density at radius 3 is 2.06 bits per heavy atom. The molecule has 2 aromatic carbocycles. The summed E-state index contributed by atoms with van der Waals surface area (Å²) in [5, 5.41) is 9.26. The number of nitrogens with two attached hydrogens (primary N) is 1. The van der Waals surface area contributed by atoms with Gasteiger partial charge in [-0.1, -0.05) is 59.7 Å². The van der Waals surface area contributed by atoms with E-state index in [9.17, 15) is 9.65 Å². The molecule has 0 radical (unpaired) electrons. The van der Waals surface area contributed by atoms with Crippen molar-refractivity contribution in [3.8, 4) is 11.8 Å². The SMILES string of the molecule is CC(C)(C)Cc1ccc(-n2ccnc2)c(C#N)c1.CC(C)(C)Cc1ccc(F)c(CN)c1. The van der Waals surface area contributed by atoms with E-state index in [1.807, 2.05) is 35.0 Å². The first-order chi connectivity index (χ1) is 14.9. The molecule has 3 rings (SSSR count). The van der Waals surface area contributed by atoms with Gasteiger partial charge in [0.1, 0.15) is 11.9 Å². The molecule has 5 heteroatoms. The molecule has 0 fully saturated rings. The van der Waals surface area contributed by atoms with Crippen LogP contribution in [-0.4, -0.2) is 9.55 Å². The highest BCUT2D eigenvalue weighted by molar-refractivity contribution is 5.50. The van der Waals surface area contributed by atoms with Crippen LogP contribution in [0.15, 0.2) is 55.1 Å². The van der Waals surface area contributed by atoms with Gasteiger partial charge < -0.3 is 10.3 Å². The van der Waals surface area contributed by atoms with Gasteiger partial charge in [0.05, 0.1) is 17.6 Å². The van der Waals surface area contributed by atoms with Gasteiger partial charge in [-0.2, -0.15) is 5.26 Å². The van der Waals surface area contributed by atoms with Crippen molar-refractivity contribution in [2.24, 2.45) is 16.6 Å². The molecule has 3 aromatic rings. The summed E-state index contributed by atoms with van der Waals surface area (Å²) >= 11 is 0. The third-order valence-corrected chi connectivity index (χ3v) is 4.76. The standard InChI is InChI=1S/C15H17N3.C12H18FN/c1-15(2,3)9-12-4-5-14(13(8-12)10-16)18-7-6-17-11-18;1-12(2,3)7-9-4-5-11(13)10(6-9)8-14/h4-8,11H,9H2,1-3H3;4-6H,7-8,14H2,1-3H3. The fourth-order valence-corrected chi connectivity index (χ4v) is 3.53. The number of benzene rings is 2. The second kappa shape index (κ2) is 10.6. The number of nitriles is 1. The molecular weight excluding hydrogens is 399 g/mol. The largest absolute Gasteiger partial charge is 0.326 e. The second-order valence-corrected chi connectivity index (χ2v) is 10.5. The van der Waals surface area contributed by atoms with Crippen molar-refractivity contribution in [1.29, 1.82) is 5.26 Å². The second-order valence-electron chi connectivity index (χ2n) is 10.5. The highest BCUT2D eigenvalue weighted by Gasteiger charge is 2.14. The van der Waals surface area contributed by atoms with E-state index < -0.39 is 0 Å². The molecule has 0 aliphatic carbocycles. The Hall–Kier alpha value is -2.97. The van der Waals surface area contributed by atoms with Crippen molar-refractivity contribution >= 4 is 0 Å². The van der Waals surface area contributed by atoms with Gasteiger partial charge in [-0.25, -0.2) is 9.37 Å². The van der Waals surface area contributed by atoms with Crippen LogP contribution in [-0.2, 0) is 19.4 Å². The van der Waals surface area contributed by atoms with E-state index in [1.165, 1.54) is 11.6 Å². The molecule has 0 aliphatic rings. The molecule has 1 heterocycles. The topological polar surface area (TPSA) is 67.6 Å². The number of hydrogen-bond donors (Lipinski definition) is 1. The van der Waals surface area contributed by atoms with Crippen LogP contribution in [0.1, 0.15) is 63.8 Å². The van der Waals surface area contributed by atoms with Gasteiger partial charge >= 0.3 is 0 Å². The number of rotatable bonds is 4. The van der Waals surface area contributed by atoms with Crippen molar-refractivity contribution in [2.75, 3.05) is 0 Å². The lowest BCUT2D eigenvalue weighted by atomic mass is 9.87. The van der Waals surface area contributed by atoms with Crippen molar-refractivity contribution in [3.63, 3.8) is 0 Å². The van der Waals surface area contributed by atoms with E-state index in [0.29, 0.717) is 11.1 Å². The zero-order chi connectivity index (χ0) is 23.9. The third kappa shape index (κ3) is 7.94. The highest BCUT2D eigenvalue weighted by atomic mass is 19.1. The van der Waals surface area contributed by atoms with Crippen molar-refractivity contribution in [2.45, 2.75) is 60.9 Å². The zero-order valence-electron chi connectivity index (χ0n) is 20.1. The van der Waals surface area contributed by atoms with Crippen LogP contribution in [0.25, 0.3) is 5.69 Å². The van der Waals surface area contributed by atoms with E-state index in [2.05, 4.69) is 58.7 Å². The van der Waals surface area contributed by atoms with E-state index in [4.69, 9.17) is 5.73 Å². The smallest absolute Gasteiger partial charge is 0.127 e. The first-order valence-corrected chi connectivity index (χ1v) is 10.9. The summed E-state index contributed by atoms with van der Waals surface area (Å²) in [5.41, 5.74) is 10.4. The average Bonchev–Trinajstić information content (AvgIpc) is 3.22. The summed E-state index contributed by atoms with van der Waals surface area (Å²) in [5.74, 6) is -0.204. The minimum absolute atomic E-state index is 0.204. The highest BCUT2D eigenvalue weighted by Crippen LogP contribution is 2.24. The van der Waals surface area contributed by atoms with Gasteiger partial charge in [0.15, 0.2) is 0 Å². The van der Waals surface area contributed by atoms with Crippen LogP contribution in [0, 0.1) is 28.0 Å².